The van der Waals surface area contributed by atoms with E-state index in [4.69, 9.17) is 0 Å². The van der Waals surface area contributed by atoms with Crippen LogP contribution in [-0.4, -0.2) is 9.78 Å². The average molecular weight is 222 g/mol. The minimum Gasteiger partial charge on any atom is -0.262 e. The first kappa shape index (κ1) is 6.07. The van der Waals surface area contributed by atoms with Crippen LogP contribution in [0.4, 0.5) is 0 Å². The standard InChI is InChI=1S/C5H7IN2/c1-4-3-7-8(2)5(4)6/h3H,1-2H3. The van der Waals surface area contributed by atoms with Crippen LogP contribution in [0, 0.1) is 10.6 Å². The molecular formula is C5H7IN2. The van der Waals surface area contributed by atoms with Gasteiger partial charge in [-0.1, -0.05) is 0 Å². The second-order valence-electron chi connectivity index (χ2n) is 1.74. The van der Waals surface area contributed by atoms with Gasteiger partial charge in [-0.15, -0.1) is 0 Å². The molecule has 1 aromatic heterocycles. The third-order valence-electron chi connectivity index (χ3n) is 1.03. The van der Waals surface area contributed by atoms with E-state index in [1.165, 1.54) is 9.26 Å². The van der Waals surface area contributed by atoms with Gasteiger partial charge in [0, 0.05) is 12.6 Å². The molecule has 0 bridgehead atoms. The summed E-state index contributed by atoms with van der Waals surface area (Å²) < 4.78 is 3.07. The van der Waals surface area contributed by atoms with Crippen LogP contribution in [-0.2, 0) is 7.05 Å². The number of rotatable bonds is 0. The first-order valence-corrected chi connectivity index (χ1v) is 3.44. The van der Waals surface area contributed by atoms with Crippen molar-refractivity contribution in [1.82, 2.24) is 9.78 Å². The molecule has 0 spiro atoms. The smallest absolute Gasteiger partial charge is 0.101 e. The highest BCUT2D eigenvalue weighted by molar-refractivity contribution is 14.1. The quantitative estimate of drug-likeness (QED) is 0.605. The molecule has 0 radical (unpaired) electrons. The fraction of sp³-hybridized carbons (Fsp3) is 0.400. The second kappa shape index (κ2) is 2.05. The van der Waals surface area contributed by atoms with Gasteiger partial charge in [-0.3, -0.25) is 4.68 Å². The van der Waals surface area contributed by atoms with Crippen molar-refractivity contribution >= 4 is 22.6 Å². The highest BCUT2D eigenvalue weighted by Crippen LogP contribution is 2.06. The number of hydrogen-bond acceptors (Lipinski definition) is 1. The minimum atomic E-state index is 1.21. The van der Waals surface area contributed by atoms with Crippen LogP contribution in [0.3, 0.4) is 0 Å². The fourth-order valence-electron chi connectivity index (χ4n) is 0.532. The molecule has 0 amide bonds. The maximum absolute atomic E-state index is 4.02. The molecule has 1 rings (SSSR count). The van der Waals surface area contributed by atoms with Crippen LogP contribution in [0.25, 0.3) is 0 Å². The van der Waals surface area contributed by atoms with Crippen LogP contribution in [0.15, 0.2) is 6.20 Å². The highest BCUT2D eigenvalue weighted by atomic mass is 127. The second-order valence-corrected chi connectivity index (χ2v) is 2.76. The minimum absolute atomic E-state index is 1.21. The number of aryl methyl sites for hydroxylation is 2. The number of aromatic nitrogens is 2. The van der Waals surface area contributed by atoms with E-state index in [1.54, 1.807) is 0 Å². The summed E-state index contributed by atoms with van der Waals surface area (Å²) in [4.78, 5) is 0. The first-order valence-electron chi connectivity index (χ1n) is 2.36. The van der Waals surface area contributed by atoms with E-state index in [2.05, 4.69) is 34.6 Å². The van der Waals surface area contributed by atoms with E-state index in [1.807, 2.05) is 17.9 Å². The van der Waals surface area contributed by atoms with Gasteiger partial charge in [0.2, 0.25) is 0 Å². The molecule has 0 aliphatic heterocycles. The van der Waals surface area contributed by atoms with Crippen molar-refractivity contribution in [1.29, 1.82) is 0 Å². The van der Waals surface area contributed by atoms with E-state index in [-0.39, 0.29) is 0 Å². The average Bonchev–Trinajstić information content (AvgIpc) is 1.98. The van der Waals surface area contributed by atoms with Crippen molar-refractivity contribution in [2.24, 2.45) is 7.05 Å². The Hall–Kier alpha value is -0.0600. The zero-order valence-corrected chi connectivity index (χ0v) is 7.01. The van der Waals surface area contributed by atoms with Crippen molar-refractivity contribution in [3.05, 3.63) is 15.5 Å². The molecule has 0 aromatic carbocycles. The molecular weight excluding hydrogens is 215 g/mol. The Labute approximate surface area is 62.0 Å². The van der Waals surface area contributed by atoms with Gasteiger partial charge in [0.25, 0.3) is 0 Å². The van der Waals surface area contributed by atoms with Crippen molar-refractivity contribution in [3.63, 3.8) is 0 Å². The summed E-state index contributed by atoms with van der Waals surface area (Å²) in [5.41, 5.74) is 1.24. The Morgan fingerprint density at radius 3 is 2.50 bits per heavy atom. The highest BCUT2D eigenvalue weighted by Gasteiger charge is 1.95. The van der Waals surface area contributed by atoms with E-state index in [9.17, 15) is 0 Å². The van der Waals surface area contributed by atoms with Crippen molar-refractivity contribution in [2.75, 3.05) is 0 Å². The summed E-state index contributed by atoms with van der Waals surface area (Å²) in [6.45, 7) is 2.05. The molecule has 0 fully saturated rings. The van der Waals surface area contributed by atoms with E-state index < -0.39 is 0 Å². The van der Waals surface area contributed by atoms with Crippen LogP contribution < -0.4 is 0 Å². The summed E-state index contributed by atoms with van der Waals surface area (Å²) in [5, 5.41) is 4.02. The SMILES string of the molecule is Cc1cnn(C)c1I. The number of nitrogens with zero attached hydrogens (tertiary/aromatic N) is 2. The normalized spacial score (nSPS) is 9.88. The van der Waals surface area contributed by atoms with Crippen LogP contribution in [0.5, 0.6) is 0 Å². The lowest BCUT2D eigenvalue weighted by Gasteiger charge is -1.88. The molecule has 0 unspecified atom stereocenters. The van der Waals surface area contributed by atoms with Gasteiger partial charge in [-0.2, -0.15) is 5.10 Å². The third-order valence-corrected chi connectivity index (χ3v) is 2.58. The predicted molar refractivity (Wildman–Crippen MR) is 40.7 cm³/mol. The molecule has 44 valence electrons. The Bertz CT molecular complexity index is 173. The van der Waals surface area contributed by atoms with Crippen LogP contribution in [0.2, 0.25) is 0 Å². The molecule has 0 saturated carbocycles. The van der Waals surface area contributed by atoms with E-state index in [0.29, 0.717) is 0 Å². The largest absolute Gasteiger partial charge is 0.262 e. The first-order chi connectivity index (χ1) is 3.72. The lowest BCUT2D eigenvalue weighted by Crippen LogP contribution is -1.91. The lowest BCUT2D eigenvalue weighted by molar-refractivity contribution is 0.747. The van der Waals surface area contributed by atoms with Crippen molar-refractivity contribution in [2.45, 2.75) is 6.92 Å². The number of halogens is 1. The number of hydrogen-bond donors (Lipinski definition) is 0. The maximum Gasteiger partial charge on any atom is 0.101 e. The molecule has 0 saturated heterocycles. The van der Waals surface area contributed by atoms with Gasteiger partial charge in [-0.05, 0) is 29.5 Å². The van der Waals surface area contributed by atoms with Gasteiger partial charge in [-0.25, -0.2) is 0 Å². The topological polar surface area (TPSA) is 17.8 Å². The summed E-state index contributed by atoms with van der Waals surface area (Å²) >= 11 is 2.26. The zero-order valence-electron chi connectivity index (χ0n) is 4.85. The maximum atomic E-state index is 4.02. The monoisotopic (exact) mass is 222 g/mol. The zero-order chi connectivity index (χ0) is 6.15. The molecule has 8 heavy (non-hydrogen) atoms. The summed E-state index contributed by atoms with van der Waals surface area (Å²) in [6, 6.07) is 0. The molecule has 1 aromatic rings. The van der Waals surface area contributed by atoms with E-state index in [0.717, 1.165) is 0 Å². The molecule has 0 N–H and O–H groups in total. The van der Waals surface area contributed by atoms with Crippen LogP contribution >= 0.6 is 22.6 Å². The van der Waals surface area contributed by atoms with Crippen LogP contribution in [0.1, 0.15) is 5.56 Å². The van der Waals surface area contributed by atoms with Gasteiger partial charge < -0.3 is 0 Å². The fourth-order valence-corrected chi connectivity index (χ4v) is 0.796. The molecule has 3 heteroatoms. The summed E-state index contributed by atoms with van der Waals surface area (Å²) in [7, 11) is 1.94. The molecule has 2 nitrogen and oxygen atoms in total. The van der Waals surface area contributed by atoms with Gasteiger partial charge in [0.1, 0.15) is 3.70 Å². The van der Waals surface area contributed by atoms with Crippen molar-refractivity contribution in [3.8, 4) is 0 Å². The Kier molecular flexibility index (Phi) is 1.55. The summed E-state index contributed by atoms with van der Waals surface area (Å²) in [5.74, 6) is 0. The molecule has 1 heterocycles. The Balaban J connectivity index is 3.19. The van der Waals surface area contributed by atoms with E-state index >= 15 is 0 Å². The molecule has 0 aliphatic carbocycles. The van der Waals surface area contributed by atoms with Crippen molar-refractivity contribution < 1.29 is 0 Å². The molecule has 0 atom stereocenters. The third kappa shape index (κ3) is 0.866. The summed E-state index contributed by atoms with van der Waals surface area (Å²) in [6.07, 6.45) is 1.86. The Morgan fingerprint density at radius 2 is 2.38 bits per heavy atom. The molecule has 0 aliphatic rings. The van der Waals surface area contributed by atoms with Gasteiger partial charge in [0.15, 0.2) is 0 Å². The van der Waals surface area contributed by atoms with Gasteiger partial charge in [0.05, 0.1) is 6.20 Å². The van der Waals surface area contributed by atoms with Gasteiger partial charge >= 0.3 is 0 Å². The predicted octanol–water partition coefficient (Wildman–Crippen LogP) is 1.33. The lowest BCUT2D eigenvalue weighted by atomic mass is 10.4. The Morgan fingerprint density at radius 1 is 1.75 bits per heavy atom.